The van der Waals surface area contributed by atoms with Gasteiger partial charge in [-0.15, -0.1) is 0 Å². The van der Waals surface area contributed by atoms with Gasteiger partial charge in [0, 0.05) is 74.4 Å². The number of pyridine rings is 1. The number of carbonyl (C=O) groups is 3. The van der Waals surface area contributed by atoms with Crippen molar-refractivity contribution in [3.05, 3.63) is 111 Å². The van der Waals surface area contributed by atoms with Crippen LogP contribution in [0.15, 0.2) is 77.7 Å². The highest BCUT2D eigenvalue weighted by Crippen LogP contribution is 2.49. The van der Waals surface area contributed by atoms with E-state index >= 15 is 0 Å². The third-order valence-electron chi connectivity index (χ3n) is 14.6. The van der Waals surface area contributed by atoms with E-state index in [0.717, 1.165) is 115 Å². The number of aromatic amines is 1. The number of para-hydroxylation sites is 1. The van der Waals surface area contributed by atoms with Crippen molar-refractivity contribution in [2.75, 3.05) is 59.4 Å². The Kier molecular flexibility index (Phi) is 12.9. The lowest BCUT2D eigenvalue weighted by Gasteiger charge is -2.43. The average molecular weight is 869 g/mol. The van der Waals surface area contributed by atoms with Gasteiger partial charge in [0.2, 0.25) is 5.91 Å². The number of aryl methyl sites for hydroxylation is 2. The Morgan fingerprint density at radius 3 is 2.31 bits per heavy atom. The van der Waals surface area contributed by atoms with Gasteiger partial charge in [0.25, 0.3) is 5.56 Å². The molecule has 1 atom stereocenters. The van der Waals surface area contributed by atoms with Gasteiger partial charge in [0.1, 0.15) is 6.04 Å². The highest BCUT2D eigenvalue weighted by Gasteiger charge is 2.53. The summed E-state index contributed by atoms with van der Waals surface area (Å²) in [6.07, 6.45) is 10.7. The third-order valence-corrected chi connectivity index (χ3v) is 14.6. The largest absolute Gasteiger partial charge is 0.442 e. The summed E-state index contributed by atoms with van der Waals surface area (Å²) in [7, 11) is 2.18. The zero-order valence-corrected chi connectivity index (χ0v) is 37.8. The predicted octanol–water partition coefficient (Wildman–Crippen LogP) is 6.50. The first-order valence-corrected chi connectivity index (χ1v) is 23.7. The number of ether oxygens (including phenoxy) is 1. The maximum atomic E-state index is 14.5. The first kappa shape index (κ1) is 43.7. The van der Waals surface area contributed by atoms with E-state index < -0.39 is 11.5 Å². The van der Waals surface area contributed by atoms with Gasteiger partial charge < -0.3 is 29.7 Å². The van der Waals surface area contributed by atoms with E-state index in [2.05, 4.69) is 58.3 Å². The van der Waals surface area contributed by atoms with Crippen LogP contribution in [-0.2, 0) is 39.3 Å². The number of urea groups is 1. The summed E-state index contributed by atoms with van der Waals surface area (Å²) >= 11 is 0. The number of unbranched alkanes of at least 4 members (excludes halogenated alkanes) is 1. The number of rotatable bonds is 13. The van der Waals surface area contributed by atoms with Gasteiger partial charge in [-0.2, -0.15) is 5.10 Å². The number of benzene rings is 3. The summed E-state index contributed by atoms with van der Waals surface area (Å²) in [4.78, 5) is 66.9. The summed E-state index contributed by atoms with van der Waals surface area (Å²) in [5, 5.41) is 9.85. The fourth-order valence-electron chi connectivity index (χ4n) is 10.4. The van der Waals surface area contributed by atoms with Crippen LogP contribution in [0.25, 0.3) is 21.8 Å². The van der Waals surface area contributed by atoms with Crippen LogP contribution in [0.4, 0.5) is 4.79 Å². The molecule has 13 nitrogen and oxygen atoms in total. The second-order valence-corrected chi connectivity index (χ2v) is 19.0. The Hall–Kier alpha value is -5.53. The van der Waals surface area contributed by atoms with Gasteiger partial charge in [-0.3, -0.25) is 19.3 Å². The predicted molar refractivity (Wildman–Crippen MR) is 249 cm³/mol. The number of amides is 3. The smallest absolute Gasteiger partial charge is 0.318 e. The number of nitrogens with zero attached hydrogens (tertiary/aromatic N) is 6. The van der Waals surface area contributed by atoms with Crippen molar-refractivity contribution in [1.82, 2.24) is 39.7 Å². The SMILES string of the molecule is CCCCc1ccc(C2(C(=O)OCn3cc4cc(CC(NC(=O)N5CCC(c6cc7ccccc7[nH]c6=O)CC5)C(=O)N5CCN(C6CCN(C)CC6)CC5)cc(C)c4n3)CC2)cc1. The molecule has 9 rings (SSSR count). The molecule has 3 saturated heterocycles. The number of carbonyl (C=O) groups excluding carboxylic acids is 3. The minimum atomic E-state index is -0.772. The molecule has 4 fully saturated rings. The Labute approximate surface area is 376 Å². The number of hydrogen-bond acceptors (Lipinski definition) is 8. The molecule has 4 aliphatic rings. The summed E-state index contributed by atoms with van der Waals surface area (Å²) in [5.74, 6) is -0.252. The van der Waals surface area contributed by atoms with Crippen LogP contribution in [0, 0.1) is 6.92 Å². The monoisotopic (exact) mass is 868 g/mol. The topological polar surface area (TPSA) is 136 Å². The van der Waals surface area contributed by atoms with Gasteiger partial charge in [-0.05, 0) is 130 Å². The van der Waals surface area contributed by atoms with E-state index in [1.165, 1.54) is 5.56 Å². The van der Waals surface area contributed by atoms with Crippen molar-refractivity contribution >= 4 is 39.7 Å². The molecule has 1 aliphatic carbocycles. The average Bonchev–Trinajstić information content (AvgIpc) is 4.03. The van der Waals surface area contributed by atoms with Gasteiger partial charge in [-0.25, -0.2) is 9.48 Å². The molecule has 5 heterocycles. The van der Waals surface area contributed by atoms with E-state index in [0.29, 0.717) is 51.5 Å². The Balaban J connectivity index is 0.874. The molecule has 1 unspecified atom stereocenters. The number of esters is 1. The Bertz CT molecular complexity index is 2520. The van der Waals surface area contributed by atoms with Crippen LogP contribution in [0.2, 0.25) is 0 Å². The maximum Gasteiger partial charge on any atom is 0.318 e. The molecular weight excluding hydrogens is 805 g/mol. The molecule has 5 aromatic rings. The van der Waals surface area contributed by atoms with Crippen LogP contribution in [0.3, 0.4) is 0 Å². The third kappa shape index (κ3) is 9.47. The summed E-state index contributed by atoms with van der Waals surface area (Å²) in [6.45, 7) is 10.3. The van der Waals surface area contributed by atoms with Crippen LogP contribution < -0.4 is 10.9 Å². The number of likely N-dealkylation sites (tertiary alicyclic amines) is 2. The zero-order valence-electron chi connectivity index (χ0n) is 37.8. The molecule has 3 aromatic carbocycles. The minimum Gasteiger partial charge on any atom is -0.442 e. The lowest BCUT2D eigenvalue weighted by Crippen LogP contribution is -2.59. The quantitative estimate of drug-likeness (QED) is 0.128. The molecule has 0 bridgehead atoms. The fraction of sp³-hybridized carbons (Fsp3) is 0.510. The number of fused-ring (bicyclic) bond motifs is 2. The fourth-order valence-corrected chi connectivity index (χ4v) is 10.4. The first-order chi connectivity index (χ1) is 31.1. The number of H-pyrrole nitrogens is 1. The lowest BCUT2D eigenvalue weighted by atomic mass is 9.89. The number of hydrogen-bond donors (Lipinski definition) is 2. The number of piperazine rings is 1. The molecule has 0 radical (unpaired) electrons. The van der Waals surface area contributed by atoms with E-state index in [1.807, 2.05) is 60.5 Å². The summed E-state index contributed by atoms with van der Waals surface area (Å²) in [6, 6.07) is 21.8. The maximum absolute atomic E-state index is 14.5. The van der Waals surface area contributed by atoms with Crippen LogP contribution in [0.5, 0.6) is 0 Å². The molecule has 64 heavy (non-hydrogen) atoms. The zero-order chi connectivity index (χ0) is 44.4. The van der Waals surface area contributed by atoms with Crippen LogP contribution in [-0.4, -0.2) is 124 Å². The minimum absolute atomic E-state index is 0.00522. The van der Waals surface area contributed by atoms with Gasteiger partial charge in [-0.1, -0.05) is 61.9 Å². The highest BCUT2D eigenvalue weighted by atomic mass is 16.5. The van der Waals surface area contributed by atoms with Crippen LogP contribution >= 0.6 is 0 Å². The van der Waals surface area contributed by atoms with E-state index in [1.54, 1.807) is 9.58 Å². The van der Waals surface area contributed by atoms with Crippen molar-refractivity contribution in [2.24, 2.45) is 0 Å². The molecule has 13 heteroatoms. The highest BCUT2D eigenvalue weighted by molar-refractivity contribution is 5.89. The van der Waals surface area contributed by atoms with E-state index in [9.17, 15) is 19.2 Å². The standard InChI is InChI=1S/C51H64N8O5/c1-4-5-8-36-11-13-41(14-12-36)51(19-20-51)49(62)64-34-59-33-40-30-37(29-35(2)46(40)54-59)31-45(48(61)57-27-25-56(26-28-57)42-17-21-55(3)22-18-42)53-50(63)58-23-15-38(16-24-58)43-32-39-9-6-7-10-44(39)52-47(43)60/h6-7,9-14,29-30,32-33,38,42,45H,4-5,8,15-28,31,34H2,1-3H3,(H,52,60)(H,53,63). The second kappa shape index (κ2) is 18.9. The lowest BCUT2D eigenvalue weighted by molar-refractivity contribution is -0.151. The first-order valence-electron chi connectivity index (χ1n) is 23.7. The van der Waals surface area contributed by atoms with Crippen LogP contribution in [0.1, 0.15) is 92.0 Å². The Morgan fingerprint density at radius 2 is 1.59 bits per heavy atom. The van der Waals surface area contributed by atoms with Gasteiger partial charge in [0.05, 0.1) is 10.9 Å². The van der Waals surface area contributed by atoms with Crippen molar-refractivity contribution in [3.8, 4) is 0 Å². The van der Waals surface area contributed by atoms with E-state index in [-0.39, 0.29) is 36.1 Å². The molecule has 2 aromatic heterocycles. The van der Waals surface area contributed by atoms with Crippen molar-refractivity contribution in [3.63, 3.8) is 0 Å². The number of nitrogens with one attached hydrogen (secondary N) is 2. The molecule has 0 spiro atoms. The molecule has 338 valence electrons. The van der Waals surface area contributed by atoms with Crippen molar-refractivity contribution < 1.29 is 19.1 Å². The molecule has 3 aliphatic heterocycles. The second-order valence-electron chi connectivity index (χ2n) is 19.0. The van der Waals surface area contributed by atoms with Gasteiger partial charge in [0.15, 0.2) is 6.73 Å². The summed E-state index contributed by atoms with van der Waals surface area (Å²) in [5.41, 5.74) is 5.87. The summed E-state index contributed by atoms with van der Waals surface area (Å²) < 4.78 is 7.58. The normalized spacial score (nSPS) is 19.2. The Morgan fingerprint density at radius 1 is 0.859 bits per heavy atom. The molecule has 3 amide bonds. The molecular formula is C51H64N8O5. The van der Waals surface area contributed by atoms with Crippen molar-refractivity contribution in [1.29, 1.82) is 0 Å². The molecule has 2 N–H and O–H groups in total. The molecule has 1 saturated carbocycles. The van der Waals surface area contributed by atoms with E-state index in [4.69, 9.17) is 9.84 Å². The number of aromatic nitrogens is 3. The number of piperidine rings is 2. The van der Waals surface area contributed by atoms with Crippen molar-refractivity contribution in [2.45, 2.75) is 108 Å². The van der Waals surface area contributed by atoms with Gasteiger partial charge >= 0.3 is 12.0 Å².